The van der Waals surface area contributed by atoms with Crippen LogP contribution in [0.5, 0.6) is 0 Å². The van der Waals surface area contributed by atoms with E-state index < -0.39 is 0 Å². The third kappa shape index (κ3) is 4.93. The number of nitrogens with zero attached hydrogens (tertiary/aromatic N) is 5. The Balaban J connectivity index is 1.26. The first-order chi connectivity index (χ1) is 17.5. The summed E-state index contributed by atoms with van der Waals surface area (Å²) in [4.78, 5) is 39.0. The molecule has 2 aromatic rings. The van der Waals surface area contributed by atoms with Crippen LogP contribution in [0.2, 0.25) is 0 Å². The van der Waals surface area contributed by atoms with Crippen LogP contribution in [-0.4, -0.2) is 64.5 Å². The van der Waals surface area contributed by atoms with Gasteiger partial charge in [-0.25, -0.2) is 9.78 Å². The number of piperazine rings is 1. The summed E-state index contributed by atoms with van der Waals surface area (Å²) in [6.45, 7) is 11.6. The zero-order valence-electron chi connectivity index (χ0n) is 21.0. The molecule has 1 saturated heterocycles. The fourth-order valence-electron chi connectivity index (χ4n) is 5.19. The average Bonchev–Trinajstić information content (AvgIpc) is 3.74. The topological polar surface area (TPSA) is 90.9 Å². The van der Waals surface area contributed by atoms with E-state index in [1.54, 1.807) is 6.20 Å². The molecule has 3 aliphatic rings. The highest BCUT2D eigenvalue weighted by atomic mass is 16.6. The lowest BCUT2D eigenvalue weighted by atomic mass is 9.97. The van der Waals surface area contributed by atoms with E-state index in [2.05, 4.69) is 58.0 Å². The number of ether oxygens (including phenoxy) is 1. The third-order valence-corrected chi connectivity index (χ3v) is 7.37. The van der Waals surface area contributed by atoms with Gasteiger partial charge in [-0.3, -0.25) is 14.6 Å². The van der Waals surface area contributed by atoms with Gasteiger partial charge >= 0.3 is 6.09 Å². The molecule has 1 N–H and O–H groups in total. The highest BCUT2D eigenvalue weighted by Gasteiger charge is 2.37. The second-order valence-corrected chi connectivity index (χ2v) is 9.72. The molecule has 9 heteroatoms. The van der Waals surface area contributed by atoms with Crippen molar-refractivity contribution < 1.29 is 14.3 Å². The van der Waals surface area contributed by atoms with E-state index in [0.717, 1.165) is 37.3 Å². The van der Waals surface area contributed by atoms with E-state index in [0.29, 0.717) is 30.3 Å². The van der Waals surface area contributed by atoms with E-state index in [-0.39, 0.29) is 24.6 Å². The van der Waals surface area contributed by atoms with Gasteiger partial charge in [0.15, 0.2) is 0 Å². The number of hydrogen-bond donors (Lipinski definition) is 1. The Bertz CT molecular complexity index is 1120. The molecule has 0 bridgehead atoms. The van der Waals surface area contributed by atoms with E-state index in [4.69, 9.17) is 4.74 Å². The molecule has 9 nitrogen and oxygen atoms in total. The Morgan fingerprint density at radius 2 is 1.89 bits per heavy atom. The van der Waals surface area contributed by atoms with Gasteiger partial charge in [0.05, 0.1) is 11.6 Å². The number of anilines is 2. The van der Waals surface area contributed by atoms with Crippen molar-refractivity contribution in [1.82, 2.24) is 19.8 Å². The number of amides is 2. The quantitative estimate of drug-likeness (QED) is 0.561. The Labute approximate surface area is 212 Å². The molecular formula is C27H34N6O3. The lowest BCUT2D eigenvalue weighted by Crippen LogP contribution is -2.49. The first kappa shape index (κ1) is 24.2. The summed E-state index contributed by atoms with van der Waals surface area (Å²) in [6.07, 6.45) is 5.27. The molecule has 5 rings (SSSR count). The molecule has 2 fully saturated rings. The summed E-state index contributed by atoms with van der Waals surface area (Å²) in [5.74, 6) is 1.80. The van der Waals surface area contributed by atoms with Crippen molar-refractivity contribution in [3.63, 3.8) is 0 Å². The molecule has 1 aliphatic carbocycles. The first-order valence-corrected chi connectivity index (χ1v) is 12.8. The van der Waals surface area contributed by atoms with E-state index in [9.17, 15) is 9.59 Å². The number of hydrogen-bond acceptors (Lipinski definition) is 7. The van der Waals surface area contributed by atoms with Crippen molar-refractivity contribution in [2.75, 3.05) is 42.9 Å². The maximum atomic E-state index is 12.1. The average molecular weight is 491 g/mol. The van der Waals surface area contributed by atoms with Gasteiger partial charge < -0.3 is 15.0 Å². The fraction of sp³-hybridized carbons (Fsp3) is 0.481. The zero-order valence-corrected chi connectivity index (χ0v) is 21.0. The molecule has 190 valence electrons. The lowest BCUT2D eigenvalue weighted by molar-refractivity contribution is -0.128. The van der Waals surface area contributed by atoms with Crippen molar-refractivity contribution in [3.05, 3.63) is 59.8 Å². The van der Waals surface area contributed by atoms with Crippen molar-refractivity contribution in [1.29, 1.82) is 0 Å². The predicted octanol–water partition coefficient (Wildman–Crippen LogP) is 3.91. The van der Waals surface area contributed by atoms with Crippen LogP contribution in [0.3, 0.4) is 0 Å². The SMILES string of the molecule is C=CC(=O)N1CCN(C(c2ccc([C@H](C)Nc3ncc4c(n3)N(CC)C(=O)OC4)cc2)C2CC2)CC1. The molecule has 0 spiro atoms. The lowest BCUT2D eigenvalue weighted by Gasteiger charge is -2.39. The van der Waals surface area contributed by atoms with Crippen molar-refractivity contribution >= 4 is 23.8 Å². The van der Waals surface area contributed by atoms with Gasteiger partial charge in [0.2, 0.25) is 11.9 Å². The van der Waals surface area contributed by atoms with Crippen LogP contribution < -0.4 is 10.2 Å². The van der Waals surface area contributed by atoms with Gasteiger partial charge in [0.25, 0.3) is 0 Å². The predicted molar refractivity (Wildman–Crippen MR) is 138 cm³/mol. The van der Waals surface area contributed by atoms with E-state index in [1.165, 1.54) is 29.4 Å². The summed E-state index contributed by atoms with van der Waals surface area (Å²) >= 11 is 0. The molecular weight excluding hydrogens is 456 g/mol. The maximum absolute atomic E-state index is 12.1. The van der Waals surface area contributed by atoms with E-state index in [1.807, 2.05) is 11.8 Å². The Kier molecular flexibility index (Phi) is 6.91. The minimum Gasteiger partial charge on any atom is -0.444 e. The number of benzene rings is 1. The third-order valence-electron chi connectivity index (χ3n) is 7.37. The van der Waals surface area contributed by atoms with Gasteiger partial charge in [-0.1, -0.05) is 30.8 Å². The zero-order chi connectivity index (χ0) is 25.2. The summed E-state index contributed by atoms with van der Waals surface area (Å²) in [7, 11) is 0. The second kappa shape index (κ2) is 10.3. The van der Waals surface area contributed by atoms with Crippen LogP contribution in [0.1, 0.15) is 55.5 Å². The molecule has 1 aromatic heterocycles. The minimum absolute atomic E-state index is 0.00412. The van der Waals surface area contributed by atoms with Crippen LogP contribution in [0.4, 0.5) is 16.6 Å². The molecule has 3 heterocycles. The number of carbonyl (C=O) groups is 2. The molecule has 1 unspecified atom stereocenters. The van der Waals surface area contributed by atoms with Crippen LogP contribution >= 0.6 is 0 Å². The highest BCUT2D eigenvalue weighted by molar-refractivity contribution is 5.89. The molecule has 1 aromatic carbocycles. The number of nitrogens with one attached hydrogen (secondary N) is 1. The molecule has 2 aliphatic heterocycles. The number of carbonyl (C=O) groups excluding carboxylic acids is 2. The van der Waals surface area contributed by atoms with Gasteiger partial charge in [0.1, 0.15) is 12.4 Å². The van der Waals surface area contributed by atoms with Gasteiger partial charge in [-0.05, 0) is 49.8 Å². The Morgan fingerprint density at radius 1 is 1.19 bits per heavy atom. The van der Waals surface area contributed by atoms with Crippen molar-refractivity contribution in [3.8, 4) is 0 Å². The van der Waals surface area contributed by atoms with E-state index >= 15 is 0 Å². The summed E-state index contributed by atoms with van der Waals surface area (Å²) < 4.78 is 5.18. The summed E-state index contributed by atoms with van der Waals surface area (Å²) in [6, 6.07) is 9.21. The number of rotatable bonds is 8. The smallest absolute Gasteiger partial charge is 0.415 e. The van der Waals surface area contributed by atoms with Crippen LogP contribution in [0.25, 0.3) is 0 Å². The van der Waals surface area contributed by atoms with Gasteiger partial charge in [0, 0.05) is 45.0 Å². The van der Waals surface area contributed by atoms with Gasteiger partial charge in [-0.15, -0.1) is 0 Å². The molecule has 2 amide bonds. The second-order valence-electron chi connectivity index (χ2n) is 9.72. The number of cyclic esters (lactones) is 1. The molecule has 0 radical (unpaired) electrons. The van der Waals surface area contributed by atoms with Crippen LogP contribution in [-0.2, 0) is 16.1 Å². The minimum atomic E-state index is -0.378. The number of fused-ring (bicyclic) bond motifs is 1. The molecule has 2 atom stereocenters. The standard InChI is InChI=1S/C27H34N6O3/c1-4-23(34)31-12-14-32(15-13-31)24(21-10-11-21)20-8-6-19(7-9-20)18(3)29-26-28-16-22-17-36-27(35)33(5-2)25(22)30-26/h4,6-9,16,18,21,24H,1,5,10-15,17H2,2-3H3,(H,28,29,30)/t18-,24?/m0/s1. The number of aromatic nitrogens is 2. The Morgan fingerprint density at radius 3 is 2.53 bits per heavy atom. The monoisotopic (exact) mass is 490 g/mol. The largest absolute Gasteiger partial charge is 0.444 e. The van der Waals surface area contributed by atoms with Gasteiger partial charge in [-0.2, -0.15) is 4.98 Å². The first-order valence-electron chi connectivity index (χ1n) is 12.8. The van der Waals surface area contributed by atoms with Crippen molar-refractivity contribution in [2.24, 2.45) is 5.92 Å². The fourth-order valence-corrected chi connectivity index (χ4v) is 5.19. The Hall–Kier alpha value is -3.46. The maximum Gasteiger partial charge on any atom is 0.415 e. The molecule has 36 heavy (non-hydrogen) atoms. The van der Waals surface area contributed by atoms with Crippen LogP contribution in [0.15, 0.2) is 43.1 Å². The van der Waals surface area contributed by atoms with Crippen LogP contribution in [0, 0.1) is 5.92 Å². The summed E-state index contributed by atoms with van der Waals surface area (Å²) in [5.41, 5.74) is 3.28. The molecule has 1 saturated carbocycles. The highest BCUT2D eigenvalue weighted by Crippen LogP contribution is 2.45. The van der Waals surface area contributed by atoms with Crippen molar-refractivity contribution in [2.45, 2.75) is 45.4 Å². The summed E-state index contributed by atoms with van der Waals surface area (Å²) in [5, 5.41) is 3.38. The normalized spacial score (nSPS) is 19.8.